The largest absolute Gasteiger partial charge is 0.467 e. The standard InChI is InChI=1S/C19H25N3O/c1-15-14-22(11-10-18(15)16-7-4-3-5-8-16)19(20-2)21-13-17-9-6-12-23-17/h3-9,12,15,18H,10-11,13-14H2,1-2H3,(H,20,21). The number of likely N-dealkylation sites (tertiary alicyclic amines) is 1. The fraction of sp³-hybridized carbons (Fsp3) is 0.421. The molecule has 1 saturated heterocycles. The highest BCUT2D eigenvalue weighted by Crippen LogP contribution is 2.32. The van der Waals surface area contributed by atoms with Crippen LogP contribution in [0.4, 0.5) is 0 Å². The molecule has 1 aliphatic rings. The van der Waals surface area contributed by atoms with E-state index in [9.17, 15) is 0 Å². The van der Waals surface area contributed by atoms with Crippen LogP contribution in [0.25, 0.3) is 0 Å². The molecule has 1 aromatic carbocycles. The number of benzene rings is 1. The number of piperidine rings is 1. The highest BCUT2D eigenvalue weighted by molar-refractivity contribution is 5.80. The van der Waals surface area contributed by atoms with E-state index in [4.69, 9.17) is 4.42 Å². The first kappa shape index (κ1) is 15.7. The van der Waals surface area contributed by atoms with Gasteiger partial charge in [0.25, 0.3) is 0 Å². The van der Waals surface area contributed by atoms with E-state index in [1.165, 1.54) is 5.56 Å². The number of furan rings is 1. The Morgan fingerprint density at radius 3 is 2.74 bits per heavy atom. The van der Waals surface area contributed by atoms with Crippen molar-refractivity contribution in [1.29, 1.82) is 0 Å². The zero-order chi connectivity index (χ0) is 16.1. The highest BCUT2D eigenvalue weighted by Gasteiger charge is 2.28. The molecule has 3 rings (SSSR count). The third kappa shape index (κ3) is 3.76. The van der Waals surface area contributed by atoms with Gasteiger partial charge in [-0.1, -0.05) is 37.3 Å². The van der Waals surface area contributed by atoms with Crippen molar-refractivity contribution in [2.45, 2.75) is 25.8 Å². The van der Waals surface area contributed by atoms with Crippen molar-refractivity contribution in [2.24, 2.45) is 10.9 Å². The average Bonchev–Trinajstić information content (AvgIpc) is 3.10. The number of nitrogens with zero attached hydrogens (tertiary/aromatic N) is 2. The van der Waals surface area contributed by atoms with Crippen LogP contribution in [0.3, 0.4) is 0 Å². The molecule has 2 aromatic rings. The summed E-state index contributed by atoms with van der Waals surface area (Å²) in [5, 5.41) is 3.40. The van der Waals surface area contributed by atoms with Crippen LogP contribution in [0, 0.1) is 5.92 Å². The van der Waals surface area contributed by atoms with Gasteiger partial charge in [0.1, 0.15) is 5.76 Å². The van der Waals surface area contributed by atoms with E-state index in [1.807, 2.05) is 19.2 Å². The quantitative estimate of drug-likeness (QED) is 0.697. The maximum absolute atomic E-state index is 5.38. The summed E-state index contributed by atoms with van der Waals surface area (Å²) in [7, 11) is 1.85. The van der Waals surface area contributed by atoms with Crippen LogP contribution in [0.2, 0.25) is 0 Å². The molecule has 0 aliphatic carbocycles. The molecule has 1 fully saturated rings. The summed E-state index contributed by atoms with van der Waals surface area (Å²) in [5.74, 6) is 3.13. The fourth-order valence-corrected chi connectivity index (χ4v) is 3.45. The molecular weight excluding hydrogens is 286 g/mol. The zero-order valence-electron chi connectivity index (χ0n) is 13.9. The third-order valence-corrected chi connectivity index (χ3v) is 4.65. The van der Waals surface area contributed by atoms with Crippen molar-refractivity contribution in [1.82, 2.24) is 10.2 Å². The SMILES string of the molecule is CN=C(NCc1ccco1)N1CCC(c2ccccc2)C(C)C1. The van der Waals surface area contributed by atoms with Crippen molar-refractivity contribution in [3.05, 3.63) is 60.1 Å². The van der Waals surface area contributed by atoms with Gasteiger partial charge in [-0.05, 0) is 36.0 Å². The molecule has 1 aliphatic heterocycles. The second-order valence-electron chi connectivity index (χ2n) is 6.21. The van der Waals surface area contributed by atoms with Crippen LogP contribution in [0.15, 0.2) is 58.1 Å². The summed E-state index contributed by atoms with van der Waals surface area (Å²) in [5.41, 5.74) is 1.46. The summed E-state index contributed by atoms with van der Waals surface area (Å²) < 4.78 is 5.38. The van der Waals surface area contributed by atoms with E-state index in [1.54, 1.807) is 6.26 Å². The Labute approximate surface area is 138 Å². The Morgan fingerprint density at radius 1 is 1.26 bits per heavy atom. The number of hydrogen-bond acceptors (Lipinski definition) is 2. The molecular formula is C19H25N3O. The van der Waals surface area contributed by atoms with Crippen molar-refractivity contribution < 1.29 is 4.42 Å². The monoisotopic (exact) mass is 311 g/mol. The third-order valence-electron chi connectivity index (χ3n) is 4.65. The van der Waals surface area contributed by atoms with Gasteiger partial charge in [-0.2, -0.15) is 0 Å². The fourth-order valence-electron chi connectivity index (χ4n) is 3.45. The smallest absolute Gasteiger partial charge is 0.194 e. The van der Waals surface area contributed by atoms with Crippen molar-refractivity contribution in [3.63, 3.8) is 0 Å². The molecule has 0 bridgehead atoms. The molecule has 1 aromatic heterocycles. The van der Waals surface area contributed by atoms with Crippen molar-refractivity contribution in [3.8, 4) is 0 Å². The number of rotatable bonds is 3. The van der Waals surface area contributed by atoms with E-state index in [2.05, 4.69) is 52.5 Å². The molecule has 4 heteroatoms. The van der Waals surface area contributed by atoms with Crippen molar-refractivity contribution >= 4 is 5.96 Å². The molecule has 122 valence electrons. The lowest BCUT2D eigenvalue weighted by Crippen LogP contribution is -2.47. The van der Waals surface area contributed by atoms with Gasteiger partial charge in [-0.15, -0.1) is 0 Å². The number of guanidine groups is 1. The molecule has 0 amide bonds. The van der Waals surface area contributed by atoms with Gasteiger partial charge in [0.15, 0.2) is 5.96 Å². The topological polar surface area (TPSA) is 40.8 Å². The molecule has 1 N–H and O–H groups in total. The Kier molecular flexibility index (Phi) is 5.01. The number of nitrogens with one attached hydrogen (secondary N) is 1. The molecule has 0 spiro atoms. The summed E-state index contributed by atoms with van der Waals surface area (Å²) in [6.45, 7) is 5.06. The van der Waals surface area contributed by atoms with Gasteiger partial charge in [-0.3, -0.25) is 4.99 Å². The lowest BCUT2D eigenvalue weighted by atomic mass is 9.82. The van der Waals surface area contributed by atoms with E-state index in [0.717, 1.165) is 31.2 Å². The van der Waals surface area contributed by atoms with Crippen LogP contribution < -0.4 is 5.32 Å². The maximum Gasteiger partial charge on any atom is 0.194 e. The minimum absolute atomic E-state index is 0.605. The Hall–Kier alpha value is -2.23. The predicted molar refractivity (Wildman–Crippen MR) is 93.4 cm³/mol. The van der Waals surface area contributed by atoms with E-state index in [-0.39, 0.29) is 0 Å². The number of hydrogen-bond donors (Lipinski definition) is 1. The zero-order valence-corrected chi connectivity index (χ0v) is 13.9. The first-order valence-electron chi connectivity index (χ1n) is 8.31. The Morgan fingerprint density at radius 2 is 2.09 bits per heavy atom. The molecule has 2 heterocycles. The van der Waals surface area contributed by atoms with E-state index in [0.29, 0.717) is 18.4 Å². The lowest BCUT2D eigenvalue weighted by molar-refractivity contribution is 0.234. The highest BCUT2D eigenvalue weighted by atomic mass is 16.3. The lowest BCUT2D eigenvalue weighted by Gasteiger charge is -2.38. The summed E-state index contributed by atoms with van der Waals surface area (Å²) in [6, 6.07) is 14.7. The van der Waals surface area contributed by atoms with Gasteiger partial charge < -0.3 is 14.6 Å². The minimum Gasteiger partial charge on any atom is -0.467 e. The van der Waals surface area contributed by atoms with Gasteiger partial charge in [0.05, 0.1) is 12.8 Å². The summed E-state index contributed by atoms with van der Waals surface area (Å²) in [4.78, 5) is 6.79. The van der Waals surface area contributed by atoms with Crippen LogP contribution in [0.5, 0.6) is 0 Å². The summed E-state index contributed by atoms with van der Waals surface area (Å²) in [6.07, 6.45) is 2.86. The first-order chi connectivity index (χ1) is 11.3. The Balaban J connectivity index is 1.59. The Bertz CT molecular complexity index is 621. The van der Waals surface area contributed by atoms with Gasteiger partial charge in [-0.25, -0.2) is 0 Å². The second kappa shape index (κ2) is 7.36. The van der Waals surface area contributed by atoms with Crippen molar-refractivity contribution in [2.75, 3.05) is 20.1 Å². The molecule has 23 heavy (non-hydrogen) atoms. The average molecular weight is 311 g/mol. The maximum atomic E-state index is 5.38. The minimum atomic E-state index is 0.605. The second-order valence-corrected chi connectivity index (χ2v) is 6.21. The number of aliphatic imine (C=N–C) groups is 1. The van der Waals surface area contributed by atoms with Gasteiger partial charge in [0.2, 0.25) is 0 Å². The van der Waals surface area contributed by atoms with Crippen LogP contribution >= 0.6 is 0 Å². The molecule has 2 unspecified atom stereocenters. The predicted octanol–water partition coefficient (Wildman–Crippen LogP) is 3.48. The van der Waals surface area contributed by atoms with Crippen LogP contribution in [-0.2, 0) is 6.54 Å². The molecule has 2 atom stereocenters. The van der Waals surface area contributed by atoms with E-state index < -0.39 is 0 Å². The normalized spacial score (nSPS) is 22.2. The van der Waals surface area contributed by atoms with Crippen LogP contribution in [-0.4, -0.2) is 31.0 Å². The van der Waals surface area contributed by atoms with E-state index >= 15 is 0 Å². The molecule has 0 saturated carbocycles. The van der Waals surface area contributed by atoms with Gasteiger partial charge >= 0.3 is 0 Å². The van der Waals surface area contributed by atoms with Gasteiger partial charge in [0, 0.05) is 20.1 Å². The molecule has 0 radical (unpaired) electrons. The van der Waals surface area contributed by atoms with Crippen LogP contribution in [0.1, 0.15) is 30.6 Å². The first-order valence-corrected chi connectivity index (χ1v) is 8.31. The summed E-state index contributed by atoms with van der Waals surface area (Å²) >= 11 is 0. The molecule has 4 nitrogen and oxygen atoms in total.